The molecule has 0 spiro atoms. The van der Waals surface area contributed by atoms with Crippen LogP contribution in [-0.4, -0.2) is 37.0 Å². The summed E-state index contributed by atoms with van der Waals surface area (Å²) < 4.78 is 0. The van der Waals surface area contributed by atoms with Gasteiger partial charge < -0.3 is 10.6 Å². The van der Waals surface area contributed by atoms with Crippen LogP contribution < -0.4 is 10.6 Å². The molecule has 1 aliphatic heterocycles. The fraction of sp³-hybridized carbons (Fsp3) is 0.875. The molecule has 1 atom stereocenters. The van der Waals surface area contributed by atoms with Gasteiger partial charge >= 0.3 is 0 Å². The molecule has 0 unspecified atom stereocenters. The number of amides is 1. The molecule has 70 valence electrons. The number of rotatable bonds is 4. The molecule has 0 aromatic heterocycles. The van der Waals surface area contributed by atoms with Gasteiger partial charge in [0.1, 0.15) is 0 Å². The lowest BCUT2D eigenvalue weighted by Gasteiger charge is -2.09. The van der Waals surface area contributed by atoms with Crippen molar-refractivity contribution in [1.29, 1.82) is 0 Å². The lowest BCUT2D eigenvalue weighted by Crippen LogP contribution is -2.41. The third-order valence-electron chi connectivity index (χ3n) is 1.98. The first-order chi connectivity index (χ1) is 5.84. The van der Waals surface area contributed by atoms with Gasteiger partial charge in [-0.3, -0.25) is 4.79 Å². The molecule has 0 aromatic carbocycles. The Morgan fingerprint density at radius 1 is 1.75 bits per heavy atom. The van der Waals surface area contributed by atoms with Gasteiger partial charge in [0.05, 0.1) is 6.04 Å². The van der Waals surface area contributed by atoms with Crippen molar-refractivity contribution in [3.63, 3.8) is 0 Å². The Kier molecular flexibility index (Phi) is 4.46. The van der Waals surface area contributed by atoms with Crippen molar-refractivity contribution in [2.75, 3.05) is 25.1 Å². The van der Waals surface area contributed by atoms with Gasteiger partial charge in [0, 0.05) is 12.3 Å². The zero-order valence-electron chi connectivity index (χ0n) is 7.43. The van der Waals surface area contributed by atoms with Crippen LogP contribution in [0.15, 0.2) is 0 Å². The maximum Gasteiger partial charge on any atom is 0.237 e. The molecule has 12 heavy (non-hydrogen) atoms. The Bertz CT molecular complexity index is 146. The van der Waals surface area contributed by atoms with Crippen molar-refractivity contribution < 1.29 is 4.79 Å². The minimum atomic E-state index is 0.0758. The van der Waals surface area contributed by atoms with Crippen LogP contribution in [0.5, 0.6) is 0 Å². The first-order valence-electron chi connectivity index (χ1n) is 4.34. The van der Waals surface area contributed by atoms with E-state index >= 15 is 0 Å². The zero-order valence-corrected chi connectivity index (χ0v) is 8.25. The van der Waals surface area contributed by atoms with E-state index in [9.17, 15) is 4.79 Å². The molecule has 3 nitrogen and oxygen atoms in total. The summed E-state index contributed by atoms with van der Waals surface area (Å²) in [5.74, 6) is 1.17. The Hall–Kier alpha value is -0.220. The van der Waals surface area contributed by atoms with Crippen LogP contribution in [0.1, 0.15) is 12.8 Å². The molecule has 0 bridgehead atoms. The summed E-state index contributed by atoms with van der Waals surface area (Å²) in [6.45, 7) is 1.78. The topological polar surface area (TPSA) is 41.1 Å². The maximum atomic E-state index is 11.3. The SMILES string of the molecule is CSCCNC(=O)[C@H]1CCCN1. The number of thioether (sulfide) groups is 1. The van der Waals surface area contributed by atoms with Crippen molar-refractivity contribution in [1.82, 2.24) is 10.6 Å². The van der Waals surface area contributed by atoms with Gasteiger partial charge in [0.25, 0.3) is 0 Å². The van der Waals surface area contributed by atoms with Gasteiger partial charge in [0.15, 0.2) is 0 Å². The van der Waals surface area contributed by atoms with Gasteiger partial charge in [-0.2, -0.15) is 11.8 Å². The molecule has 1 amide bonds. The van der Waals surface area contributed by atoms with Crippen LogP contribution in [0, 0.1) is 0 Å². The van der Waals surface area contributed by atoms with Crippen LogP contribution in [-0.2, 0) is 4.79 Å². The molecule has 0 aromatic rings. The highest BCUT2D eigenvalue weighted by Gasteiger charge is 2.20. The minimum absolute atomic E-state index is 0.0758. The van der Waals surface area contributed by atoms with Crippen LogP contribution in [0.4, 0.5) is 0 Å². The lowest BCUT2D eigenvalue weighted by atomic mass is 10.2. The molecular weight excluding hydrogens is 172 g/mol. The van der Waals surface area contributed by atoms with Crippen LogP contribution >= 0.6 is 11.8 Å². The normalized spacial score (nSPS) is 22.6. The molecular formula is C8H16N2OS. The lowest BCUT2D eigenvalue weighted by molar-refractivity contribution is -0.122. The molecule has 2 N–H and O–H groups in total. The summed E-state index contributed by atoms with van der Waals surface area (Å²) in [5, 5.41) is 6.07. The monoisotopic (exact) mass is 188 g/mol. The quantitative estimate of drug-likeness (QED) is 0.620. The highest BCUT2D eigenvalue weighted by atomic mass is 32.2. The predicted molar refractivity (Wildman–Crippen MR) is 52.4 cm³/mol. The van der Waals surface area contributed by atoms with E-state index in [0.29, 0.717) is 0 Å². The van der Waals surface area contributed by atoms with Crippen molar-refractivity contribution in [2.24, 2.45) is 0 Å². The highest BCUT2D eigenvalue weighted by molar-refractivity contribution is 7.98. The average molecular weight is 188 g/mol. The Morgan fingerprint density at radius 2 is 2.58 bits per heavy atom. The maximum absolute atomic E-state index is 11.3. The summed E-state index contributed by atoms with van der Waals surface area (Å²) in [4.78, 5) is 11.3. The van der Waals surface area contributed by atoms with E-state index in [1.807, 2.05) is 6.26 Å². The number of carbonyl (C=O) groups excluding carboxylic acids is 1. The molecule has 4 heteroatoms. The Labute approximate surface area is 77.7 Å². The number of carbonyl (C=O) groups is 1. The second kappa shape index (κ2) is 5.43. The molecule has 0 aliphatic carbocycles. The number of nitrogens with one attached hydrogen (secondary N) is 2. The molecule has 0 radical (unpaired) electrons. The van der Waals surface area contributed by atoms with E-state index in [1.54, 1.807) is 11.8 Å². The minimum Gasteiger partial charge on any atom is -0.354 e. The van der Waals surface area contributed by atoms with E-state index in [2.05, 4.69) is 10.6 Å². The van der Waals surface area contributed by atoms with Crippen molar-refractivity contribution >= 4 is 17.7 Å². The average Bonchev–Trinajstić information content (AvgIpc) is 2.56. The summed E-state index contributed by atoms with van der Waals surface area (Å²) >= 11 is 1.75. The van der Waals surface area contributed by atoms with Crippen LogP contribution in [0.25, 0.3) is 0 Å². The van der Waals surface area contributed by atoms with Crippen molar-refractivity contribution in [3.8, 4) is 0 Å². The smallest absolute Gasteiger partial charge is 0.237 e. The first-order valence-corrected chi connectivity index (χ1v) is 5.74. The standard InChI is InChI=1S/C8H16N2OS/c1-12-6-5-10-8(11)7-3-2-4-9-7/h7,9H,2-6H2,1H3,(H,10,11)/t7-/m1/s1. The van der Waals surface area contributed by atoms with E-state index in [4.69, 9.17) is 0 Å². The second-order valence-electron chi connectivity index (χ2n) is 2.93. The second-order valence-corrected chi connectivity index (χ2v) is 3.92. The zero-order chi connectivity index (χ0) is 8.81. The summed E-state index contributed by atoms with van der Waals surface area (Å²) in [6.07, 6.45) is 4.16. The third kappa shape index (κ3) is 3.03. The molecule has 0 saturated carbocycles. The Balaban J connectivity index is 2.10. The number of hydrogen-bond donors (Lipinski definition) is 2. The largest absolute Gasteiger partial charge is 0.354 e. The molecule has 1 aliphatic rings. The first kappa shape index (κ1) is 9.86. The van der Waals surface area contributed by atoms with Gasteiger partial charge in [-0.1, -0.05) is 0 Å². The summed E-state index contributed by atoms with van der Waals surface area (Å²) in [7, 11) is 0. The molecule has 1 rings (SSSR count). The van der Waals surface area contributed by atoms with Gasteiger partial charge in [-0.05, 0) is 25.6 Å². The van der Waals surface area contributed by atoms with E-state index in [0.717, 1.165) is 31.7 Å². The highest BCUT2D eigenvalue weighted by Crippen LogP contribution is 2.04. The fourth-order valence-electron chi connectivity index (χ4n) is 1.31. The van der Waals surface area contributed by atoms with E-state index < -0.39 is 0 Å². The number of hydrogen-bond acceptors (Lipinski definition) is 3. The fourth-order valence-corrected chi connectivity index (χ4v) is 1.61. The van der Waals surface area contributed by atoms with Crippen molar-refractivity contribution in [3.05, 3.63) is 0 Å². The third-order valence-corrected chi connectivity index (χ3v) is 2.59. The van der Waals surface area contributed by atoms with E-state index in [1.165, 1.54) is 0 Å². The summed E-state index contributed by atoms with van der Waals surface area (Å²) in [5.41, 5.74) is 0. The van der Waals surface area contributed by atoms with Crippen molar-refractivity contribution in [2.45, 2.75) is 18.9 Å². The summed E-state index contributed by atoms with van der Waals surface area (Å²) in [6, 6.07) is 0.0758. The van der Waals surface area contributed by atoms with Crippen LogP contribution in [0.3, 0.4) is 0 Å². The van der Waals surface area contributed by atoms with Gasteiger partial charge in [0.2, 0.25) is 5.91 Å². The molecule has 1 heterocycles. The van der Waals surface area contributed by atoms with Gasteiger partial charge in [-0.15, -0.1) is 0 Å². The van der Waals surface area contributed by atoms with Crippen LogP contribution in [0.2, 0.25) is 0 Å². The van der Waals surface area contributed by atoms with E-state index in [-0.39, 0.29) is 11.9 Å². The molecule has 1 fully saturated rings. The van der Waals surface area contributed by atoms with Gasteiger partial charge in [-0.25, -0.2) is 0 Å². The molecule has 1 saturated heterocycles. The Morgan fingerprint density at radius 3 is 3.17 bits per heavy atom. The predicted octanol–water partition coefficient (Wildman–Crippen LogP) is 0.218.